The number of fused-ring (bicyclic) bond motifs is 1. The molecule has 0 fully saturated rings. The van der Waals surface area contributed by atoms with Crippen LogP contribution in [0.15, 0.2) is 72.3 Å². The summed E-state index contributed by atoms with van der Waals surface area (Å²) in [6, 6.07) is 18.6. The second-order valence-corrected chi connectivity index (χ2v) is 7.24. The number of rotatable bonds is 7. The molecule has 1 aliphatic carbocycles. The van der Waals surface area contributed by atoms with Gasteiger partial charge in [-0.1, -0.05) is 30.3 Å². The predicted octanol–water partition coefficient (Wildman–Crippen LogP) is 4.18. The fourth-order valence-electron chi connectivity index (χ4n) is 3.48. The molecule has 0 saturated carbocycles. The molecule has 7 nitrogen and oxygen atoms in total. The summed E-state index contributed by atoms with van der Waals surface area (Å²) in [4.78, 5) is 37.4. The lowest BCUT2D eigenvalue weighted by Gasteiger charge is -2.12. The molecule has 0 aromatic heterocycles. The summed E-state index contributed by atoms with van der Waals surface area (Å²) in [7, 11) is 3.04. The van der Waals surface area contributed by atoms with E-state index >= 15 is 0 Å². The van der Waals surface area contributed by atoms with E-state index in [4.69, 9.17) is 14.2 Å². The van der Waals surface area contributed by atoms with Gasteiger partial charge in [-0.15, -0.1) is 0 Å². The minimum atomic E-state index is -0.340. The average Bonchev–Trinajstić information content (AvgIpc) is 3.08. The predicted molar refractivity (Wildman–Crippen MR) is 123 cm³/mol. The zero-order valence-corrected chi connectivity index (χ0v) is 18.1. The van der Waals surface area contributed by atoms with Gasteiger partial charge in [-0.25, -0.2) is 0 Å². The van der Waals surface area contributed by atoms with E-state index in [1.165, 1.54) is 13.2 Å². The summed E-state index contributed by atoms with van der Waals surface area (Å²) in [5.41, 5.74) is 2.13. The minimum absolute atomic E-state index is 0.103. The summed E-state index contributed by atoms with van der Waals surface area (Å²) < 4.78 is 16.1. The second-order valence-electron chi connectivity index (χ2n) is 7.24. The summed E-state index contributed by atoms with van der Waals surface area (Å²) in [6.45, 7) is -0.227. The highest BCUT2D eigenvalue weighted by Gasteiger charge is 2.32. The molecule has 0 saturated heterocycles. The van der Waals surface area contributed by atoms with E-state index in [0.29, 0.717) is 39.6 Å². The molecule has 0 bridgehead atoms. The highest BCUT2D eigenvalue weighted by molar-refractivity contribution is 6.41. The van der Waals surface area contributed by atoms with Gasteiger partial charge in [0.2, 0.25) is 0 Å². The van der Waals surface area contributed by atoms with Crippen LogP contribution in [0.2, 0.25) is 0 Å². The molecule has 33 heavy (non-hydrogen) atoms. The Morgan fingerprint density at radius 1 is 0.848 bits per heavy atom. The number of anilines is 1. The zero-order chi connectivity index (χ0) is 23.4. The van der Waals surface area contributed by atoms with Crippen LogP contribution in [-0.4, -0.2) is 38.3 Å². The quantitative estimate of drug-likeness (QED) is 0.435. The number of Topliss-reactive ketones (excluding diaryl/α,β-unsaturated/α-hetero) is 2. The van der Waals surface area contributed by atoms with Crippen molar-refractivity contribution in [2.45, 2.75) is 0 Å². The van der Waals surface area contributed by atoms with Gasteiger partial charge in [0.1, 0.15) is 5.75 Å². The van der Waals surface area contributed by atoms with Crippen molar-refractivity contribution in [2.75, 3.05) is 26.1 Å². The average molecular weight is 443 g/mol. The Bertz CT molecular complexity index is 1220. The third kappa shape index (κ3) is 4.62. The molecule has 1 aliphatic rings. The molecule has 4 rings (SSSR count). The first-order valence-electron chi connectivity index (χ1n) is 10.1. The third-order valence-corrected chi connectivity index (χ3v) is 5.14. The molecule has 1 amide bonds. The van der Waals surface area contributed by atoms with Gasteiger partial charge < -0.3 is 19.5 Å². The molecule has 3 aromatic carbocycles. The fraction of sp³-hybridized carbons (Fsp3) is 0.115. The van der Waals surface area contributed by atoms with Crippen molar-refractivity contribution >= 4 is 29.2 Å². The van der Waals surface area contributed by atoms with Crippen LogP contribution in [-0.2, 0) is 4.79 Å². The number of benzene rings is 3. The van der Waals surface area contributed by atoms with Gasteiger partial charge in [-0.3, -0.25) is 14.4 Å². The van der Waals surface area contributed by atoms with Crippen molar-refractivity contribution in [1.82, 2.24) is 0 Å². The number of amides is 1. The topological polar surface area (TPSA) is 90.9 Å². The van der Waals surface area contributed by atoms with Crippen molar-refractivity contribution in [1.29, 1.82) is 0 Å². The Labute approximate surface area is 190 Å². The number of hydrogen-bond donors (Lipinski definition) is 1. The van der Waals surface area contributed by atoms with E-state index in [1.54, 1.807) is 73.8 Å². The van der Waals surface area contributed by atoms with Crippen molar-refractivity contribution in [3.8, 4) is 17.2 Å². The lowest BCUT2D eigenvalue weighted by atomic mass is 10.1. The van der Waals surface area contributed by atoms with Gasteiger partial charge in [-0.05, 0) is 48.0 Å². The number of carbonyl (C=O) groups is 3. The van der Waals surface area contributed by atoms with Crippen LogP contribution in [0.3, 0.4) is 0 Å². The van der Waals surface area contributed by atoms with Crippen LogP contribution in [0, 0.1) is 0 Å². The number of hydrogen-bond acceptors (Lipinski definition) is 6. The lowest BCUT2D eigenvalue weighted by molar-refractivity contribution is -0.118. The number of ketones is 2. The van der Waals surface area contributed by atoms with Crippen molar-refractivity contribution < 1.29 is 28.6 Å². The minimum Gasteiger partial charge on any atom is -0.497 e. The van der Waals surface area contributed by atoms with Gasteiger partial charge in [0, 0.05) is 16.8 Å². The summed E-state index contributed by atoms with van der Waals surface area (Å²) in [5.74, 6) is 0.478. The lowest BCUT2D eigenvalue weighted by Crippen LogP contribution is -2.20. The van der Waals surface area contributed by atoms with E-state index in [0.717, 1.165) is 0 Å². The van der Waals surface area contributed by atoms with Crippen molar-refractivity contribution in [2.24, 2.45) is 0 Å². The number of nitrogens with one attached hydrogen (secondary N) is 1. The highest BCUT2D eigenvalue weighted by atomic mass is 16.5. The molecular formula is C26H21NO6. The summed E-state index contributed by atoms with van der Waals surface area (Å²) in [6.07, 6.45) is 1.54. The van der Waals surface area contributed by atoms with E-state index in [1.807, 2.05) is 0 Å². The molecule has 3 aromatic rings. The second kappa shape index (κ2) is 9.40. The van der Waals surface area contributed by atoms with Crippen LogP contribution in [0.25, 0.3) is 6.08 Å². The molecule has 0 aliphatic heterocycles. The molecule has 1 N–H and O–H groups in total. The molecule has 7 heteroatoms. The Balaban J connectivity index is 1.45. The van der Waals surface area contributed by atoms with Gasteiger partial charge >= 0.3 is 0 Å². The van der Waals surface area contributed by atoms with Gasteiger partial charge in [0.25, 0.3) is 5.91 Å². The number of methoxy groups -OCH3 is 2. The number of allylic oxidation sites excluding steroid dienone is 1. The fourth-order valence-corrected chi connectivity index (χ4v) is 3.48. The van der Waals surface area contributed by atoms with Crippen LogP contribution in [0.5, 0.6) is 17.2 Å². The van der Waals surface area contributed by atoms with Crippen LogP contribution >= 0.6 is 0 Å². The molecule has 0 spiro atoms. The smallest absolute Gasteiger partial charge is 0.262 e. The maximum atomic E-state index is 12.6. The van der Waals surface area contributed by atoms with E-state index < -0.39 is 0 Å². The zero-order valence-electron chi connectivity index (χ0n) is 18.1. The molecule has 0 atom stereocenters. The first kappa shape index (κ1) is 21.8. The van der Waals surface area contributed by atoms with Crippen LogP contribution in [0.4, 0.5) is 5.69 Å². The SMILES string of the molecule is COc1ccc(NC(=O)COc2ccc(C=C3C(=O)c4ccccc4C3=O)cc2OC)cc1. The normalized spacial score (nSPS) is 12.2. The third-order valence-electron chi connectivity index (χ3n) is 5.14. The maximum Gasteiger partial charge on any atom is 0.262 e. The van der Waals surface area contributed by atoms with Gasteiger partial charge in [0.15, 0.2) is 29.7 Å². The molecule has 166 valence electrons. The standard InChI is InChI=1S/C26H21NO6/c1-31-18-10-8-17(9-11-18)27-24(28)15-33-22-12-7-16(14-23(22)32-2)13-21-25(29)19-5-3-4-6-20(19)26(21)30/h3-14H,15H2,1-2H3,(H,27,28). The van der Waals surface area contributed by atoms with E-state index in [9.17, 15) is 14.4 Å². The van der Waals surface area contributed by atoms with Gasteiger partial charge in [-0.2, -0.15) is 0 Å². The first-order valence-corrected chi connectivity index (χ1v) is 10.1. The van der Waals surface area contributed by atoms with Crippen LogP contribution in [0.1, 0.15) is 26.3 Å². The first-order chi connectivity index (χ1) is 16.0. The van der Waals surface area contributed by atoms with E-state index in [-0.39, 0.29) is 29.7 Å². The number of ether oxygens (including phenoxy) is 3. The van der Waals surface area contributed by atoms with Crippen LogP contribution < -0.4 is 19.5 Å². The monoisotopic (exact) mass is 443 g/mol. The van der Waals surface area contributed by atoms with Gasteiger partial charge in [0.05, 0.1) is 19.8 Å². The summed E-state index contributed by atoms with van der Waals surface area (Å²) >= 11 is 0. The largest absolute Gasteiger partial charge is 0.497 e. The molecular weight excluding hydrogens is 422 g/mol. The Kier molecular flexibility index (Phi) is 6.22. The number of carbonyl (C=O) groups excluding carboxylic acids is 3. The Hall–Kier alpha value is -4.39. The maximum absolute atomic E-state index is 12.6. The molecule has 0 radical (unpaired) electrons. The summed E-state index contributed by atoms with van der Waals surface area (Å²) in [5, 5.41) is 2.73. The Morgan fingerprint density at radius 2 is 1.52 bits per heavy atom. The van der Waals surface area contributed by atoms with Crippen molar-refractivity contribution in [3.63, 3.8) is 0 Å². The van der Waals surface area contributed by atoms with E-state index in [2.05, 4.69) is 5.32 Å². The highest BCUT2D eigenvalue weighted by Crippen LogP contribution is 2.32. The van der Waals surface area contributed by atoms with Crippen molar-refractivity contribution in [3.05, 3.63) is 89.0 Å². The Morgan fingerprint density at radius 3 is 2.12 bits per heavy atom. The molecule has 0 heterocycles. The molecule has 0 unspecified atom stereocenters.